The van der Waals surface area contributed by atoms with E-state index in [-0.39, 0.29) is 30.8 Å². The van der Waals surface area contributed by atoms with Crippen LogP contribution in [0, 0.1) is 0 Å². The smallest absolute Gasteiger partial charge is 0.227 e. The van der Waals surface area contributed by atoms with Gasteiger partial charge in [-0.2, -0.15) is 0 Å². The van der Waals surface area contributed by atoms with E-state index in [1.54, 1.807) is 12.1 Å². The number of rotatable bonds is 9. The van der Waals surface area contributed by atoms with Crippen LogP contribution in [0.5, 0.6) is 5.75 Å². The number of halogens is 3. The number of likely N-dealkylation sites (tertiary alicyclic amines) is 1. The van der Waals surface area contributed by atoms with Crippen molar-refractivity contribution in [3.63, 3.8) is 0 Å². The summed E-state index contributed by atoms with van der Waals surface area (Å²) in [5.74, 6) is 0.906. The van der Waals surface area contributed by atoms with Crippen LogP contribution in [0.3, 0.4) is 0 Å². The summed E-state index contributed by atoms with van der Waals surface area (Å²) in [6.07, 6.45) is 3.68. The van der Waals surface area contributed by atoms with Gasteiger partial charge in [0.15, 0.2) is 0 Å². The summed E-state index contributed by atoms with van der Waals surface area (Å²) >= 11 is 12.1. The minimum absolute atomic E-state index is 0. The number of nitrogens with zero attached hydrogens (tertiary/aromatic N) is 2. The second-order valence-corrected chi connectivity index (χ2v) is 8.69. The molecular weight excluding hydrogens is 455 g/mol. The molecule has 0 saturated carbocycles. The molecule has 31 heavy (non-hydrogen) atoms. The van der Waals surface area contributed by atoms with E-state index in [1.807, 2.05) is 30.1 Å². The zero-order chi connectivity index (χ0) is 21.5. The van der Waals surface area contributed by atoms with Crippen LogP contribution < -0.4 is 4.74 Å². The van der Waals surface area contributed by atoms with E-state index in [0.717, 1.165) is 42.9 Å². The Morgan fingerprint density at radius 3 is 2.55 bits per heavy atom. The van der Waals surface area contributed by atoms with Gasteiger partial charge in [-0.15, -0.1) is 12.4 Å². The van der Waals surface area contributed by atoms with Crippen molar-refractivity contribution < 1.29 is 9.53 Å². The van der Waals surface area contributed by atoms with Crippen molar-refractivity contribution in [1.82, 2.24) is 9.80 Å². The number of carbonyl (C=O) groups excluding carboxylic acids is 1. The number of hydrogen-bond donors (Lipinski definition) is 0. The first-order valence-electron chi connectivity index (χ1n) is 10.6. The molecule has 1 aliphatic heterocycles. The number of carbonyl (C=O) groups is 1. The molecule has 2 aromatic carbocycles. The Balaban J connectivity index is 0.00000341. The van der Waals surface area contributed by atoms with E-state index in [4.69, 9.17) is 27.9 Å². The number of amides is 1. The van der Waals surface area contributed by atoms with Crippen molar-refractivity contribution in [1.29, 1.82) is 0 Å². The van der Waals surface area contributed by atoms with Crippen LogP contribution in [0.15, 0.2) is 42.5 Å². The zero-order valence-corrected chi connectivity index (χ0v) is 20.5. The molecule has 1 atom stereocenters. The lowest BCUT2D eigenvalue weighted by atomic mass is 10.0. The summed E-state index contributed by atoms with van der Waals surface area (Å²) in [7, 11) is 1.89. The van der Waals surface area contributed by atoms with Gasteiger partial charge in [0.2, 0.25) is 5.91 Å². The Hall–Kier alpha value is -1.46. The van der Waals surface area contributed by atoms with Crippen LogP contribution in [0.25, 0.3) is 0 Å². The summed E-state index contributed by atoms with van der Waals surface area (Å²) in [6.45, 7) is 5.76. The fourth-order valence-corrected chi connectivity index (χ4v) is 4.14. The summed E-state index contributed by atoms with van der Waals surface area (Å²) in [5, 5.41) is 0.969. The fourth-order valence-electron chi connectivity index (χ4n) is 3.82. The van der Waals surface area contributed by atoms with Gasteiger partial charge in [0, 0.05) is 13.6 Å². The molecule has 0 N–H and O–H groups in total. The second-order valence-electron chi connectivity index (χ2n) is 7.87. The standard InChI is InChI=1S/C24H30Cl2N2O2.ClH/c1-3-13-30-20-8-6-7-19(16-20)23(17-28-11-4-5-12-28)27(2)24(29)15-18-9-10-21(25)22(26)14-18;/h6-10,14,16,23H,3-5,11-13,15,17H2,1-2H3;1H/t23-;/m0./s1. The summed E-state index contributed by atoms with van der Waals surface area (Å²) in [6, 6.07) is 13.5. The van der Waals surface area contributed by atoms with Gasteiger partial charge < -0.3 is 14.5 Å². The Kier molecular flexibility index (Phi) is 10.4. The molecule has 0 spiro atoms. The lowest BCUT2D eigenvalue weighted by molar-refractivity contribution is -0.131. The van der Waals surface area contributed by atoms with Gasteiger partial charge in [0.1, 0.15) is 5.75 Å². The monoisotopic (exact) mass is 484 g/mol. The zero-order valence-electron chi connectivity index (χ0n) is 18.2. The van der Waals surface area contributed by atoms with Crippen molar-refractivity contribution in [2.75, 3.05) is 33.3 Å². The van der Waals surface area contributed by atoms with Crippen LogP contribution in [-0.4, -0.2) is 49.0 Å². The molecule has 0 aliphatic carbocycles. The van der Waals surface area contributed by atoms with Crippen molar-refractivity contribution in [2.24, 2.45) is 0 Å². The molecule has 0 aromatic heterocycles. The quantitative estimate of drug-likeness (QED) is 0.434. The number of ether oxygens (including phenoxy) is 1. The highest BCUT2D eigenvalue weighted by Crippen LogP contribution is 2.28. The third-order valence-corrected chi connectivity index (χ3v) is 6.28. The highest BCUT2D eigenvalue weighted by molar-refractivity contribution is 6.42. The van der Waals surface area contributed by atoms with Crippen molar-refractivity contribution in [3.05, 3.63) is 63.6 Å². The highest BCUT2D eigenvalue weighted by atomic mass is 35.5. The Morgan fingerprint density at radius 2 is 1.87 bits per heavy atom. The van der Waals surface area contributed by atoms with Crippen LogP contribution >= 0.6 is 35.6 Å². The van der Waals surface area contributed by atoms with Gasteiger partial charge in [0.25, 0.3) is 0 Å². The average molecular weight is 486 g/mol. The molecule has 2 aromatic rings. The largest absolute Gasteiger partial charge is 0.494 e. The van der Waals surface area contributed by atoms with Gasteiger partial charge in [0.05, 0.1) is 29.1 Å². The summed E-state index contributed by atoms with van der Waals surface area (Å²) in [4.78, 5) is 17.5. The van der Waals surface area contributed by atoms with Gasteiger partial charge >= 0.3 is 0 Å². The molecule has 0 radical (unpaired) electrons. The number of likely N-dealkylation sites (N-methyl/N-ethyl adjacent to an activating group) is 1. The van der Waals surface area contributed by atoms with E-state index in [1.165, 1.54) is 12.8 Å². The lowest BCUT2D eigenvalue weighted by Crippen LogP contribution is -2.39. The average Bonchev–Trinajstić information content (AvgIpc) is 3.26. The van der Waals surface area contributed by atoms with E-state index in [2.05, 4.69) is 24.0 Å². The topological polar surface area (TPSA) is 32.8 Å². The SMILES string of the molecule is CCCOc1cccc([C@H](CN2CCCC2)N(C)C(=O)Cc2ccc(Cl)c(Cl)c2)c1.Cl. The minimum Gasteiger partial charge on any atom is -0.494 e. The van der Waals surface area contributed by atoms with E-state index in [9.17, 15) is 4.79 Å². The van der Waals surface area contributed by atoms with Crippen molar-refractivity contribution in [3.8, 4) is 5.75 Å². The van der Waals surface area contributed by atoms with Crippen LogP contribution in [0.2, 0.25) is 10.0 Å². The minimum atomic E-state index is -0.0384. The molecule has 1 heterocycles. The van der Waals surface area contributed by atoms with Crippen molar-refractivity contribution in [2.45, 2.75) is 38.6 Å². The van der Waals surface area contributed by atoms with Crippen LogP contribution in [0.1, 0.15) is 43.4 Å². The fraction of sp³-hybridized carbons (Fsp3) is 0.458. The Morgan fingerprint density at radius 1 is 1.13 bits per heavy atom. The van der Waals surface area contributed by atoms with Gasteiger partial charge in [-0.05, 0) is 67.7 Å². The first kappa shape index (κ1) is 25.8. The first-order valence-corrected chi connectivity index (χ1v) is 11.4. The summed E-state index contributed by atoms with van der Waals surface area (Å²) < 4.78 is 5.83. The third kappa shape index (κ3) is 7.28. The van der Waals surface area contributed by atoms with Crippen LogP contribution in [0.4, 0.5) is 0 Å². The van der Waals surface area contributed by atoms with E-state index in [0.29, 0.717) is 16.7 Å². The Labute approximate surface area is 201 Å². The lowest BCUT2D eigenvalue weighted by Gasteiger charge is -2.32. The predicted octanol–water partition coefficient (Wildman–Crippen LogP) is 6.04. The maximum atomic E-state index is 13.2. The molecule has 7 heteroatoms. The van der Waals surface area contributed by atoms with Gasteiger partial charge in [-0.25, -0.2) is 0 Å². The molecule has 1 amide bonds. The molecule has 1 saturated heterocycles. The predicted molar refractivity (Wildman–Crippen MR) is 131 cm³/mol. The molecule has 0 bridgehead atoms. The van der Waals surface area contributed by atoms with Gasteiger partial charge in [-0.3, -0.25) is 4.79 Å². The number of benzene rings is 2. The van der Waals surface area contributed by atoms with E-state index < -0.39 is 0 Å². The maximum Gasteiger partial charge on any atom is 0.227 e. The second kappa shape index (κ2) is 12.5. The normalized spacial score (nSPS) is 14.7. The molecule has 4 nitrogen and oxygen atoms in total. The molecule has 0 unspecified atom stereocenters. The highest BCUT2D eigenvalue weighted by Gasteiger charge is 2.26. The van der Waals surface area contributed by atoms with E-state index >= 15 is 0 Å². The molecule has 3 rings (SSSR count). The Bertz CT molecular complexity index is 856. The molecule has 1 fully saturated rings. The number of hydrogen-bond acceptors (Lipinski definition) is 3. The molecule has 170 valence electrons. The first-order chi connectivity index (χ1) is 14.5. The third-order valence-electron chi connectivity index (χ3n) is 5.55. The maximum absolute atomic E-state index is 13.2. The summed E-state index contributed by atoms with van der Waals surface area (Å²) in [5.41, 5.74) is 1.96. The molecular formula is C24H31Cl3N2O2. The van der Waals surface area contributed by atoms with Crippen molar-refractivity contribution >= 4 is 41.5 Å². The van der Waals surface area contributed by atoms with Gasteiger partial charge in [-0.1, -0.05) is 48.3 Å². The molecule has 1 aliphatic rings. The van der Waals surface area contributed by atoms with Crippen LogP contribution in [-0.2, 0) is 11.2 Å².